The summed E-state index contributed by atoms with van der Waals surface area (Å²) in [4.78, 5) is 15.8. The normalized spacial score (nSPS) is 12.3. The highest BCUT2D eigenvalue weighted by Gasteiger charge is 2.22. The lowest BCUT2D eigenvalue weighted by Crippen LogP contribution is -2.02. The first-order valence-electron chi connectivity index (χ1n) is 6.75. The number of carbonyl (C=O) groups is 1. The second kappa shape index (κ2) is 6.49. The van der Waals surface area contributed by atoms with Gasteiger partial charge in [-0.3, -0.25) is 15.0 Å². The third-order valence-corrected chi connectivity index (χ3v) is 5.04. The van der Waals surface area contributed by atoms with Crippen LogP contribution >= 0.6 is 11.6 Å². The molecular weight excluding hydrogens is 370 g/mol. The van der Waals surface area contributed by atoms with Crippen molar-refractivity contribution in [3.05, 3.63) is 59.3 Å². The highest BCUT2D eigenvalue weighted by Crippen LogP contribution is 2.21. The summed E-state index contributed by atoms with van der Waals surface area (Å²) in [7, 11) is -3.91. The monoisotopic (exact) mass is 379 g/mol. The minimum absolute atomic E-state index is 0.0125. The van der Waals surface area contributed by atoms with Crippen LogP contribution in [0.4, 0.5) is 0 Å². The van der Waals surface area contributed by atoms with Crippen molar-refractivity contribution in [1.29, 1.82) is 0 Å². The molecule has 0 unspecified atom stereocenters. The largest absolute Gasteiger partial charge is 0.504 e. The molecule has 2 aromatic heterocycles. The van der Waals surface area contributed by atoms with Crippen molar-refractivity contribution >= 4 is 33.0 Å². The molecule has 0 aliphatic carbocycles. The summed E-state index contributed by atoms with van der Waals surface area (Å²) in [5, 5.41) is 21.8. The molecule has 25 heavy (non-hydrogen) atoms. The summed E-state index contributed by atoms with van der Waals surface area (Å²) in [5.41, 5.74) is -0.116. The van der Waals surface area contributed by atoms with Gasteiger partial charge in [0.2, 0.25) is 21.4 Å². The predicted octanol–water partition coefficient (Wildman–Crippen LogP) is 1.80. The van der Waals surface area contributed by atoms with Crippen LogP contribution in [0.5, 0.6) is 0 Å². The predicted molar refractivity (Wildman–Crippen MR) is 86.8 cm³/mol. The first-order valence-corrected chi connectivity index (χ1v) is 8.61. The van der Waals surface area contributed by atoms with Crippen LogP contribution in [0.1, 0.15) is 16.3 Å². The Morgan fingerprint density at radius 2 is 1.92 bits per heavy atom. The van der Waals surface area contributed by atoms with Crippen LogP contribution in [0.25, 0.3) is 5.76 Å². The summed E-state index contributed by atoms with van der Waals surface area (Å²) in [6, 6.07) is 6.62. The molecule has 3 rings (SSSR count). The van der Waals surface area contributed by atoms with Crippen LogP contribution < -0.4 is 0 Å². The number of rotatable bonds is 5. The van der Waals surface area contributed by atoms with Crippen LogP contribution in [0, 0.1) is 0 Å². The molecule has 0 saturated heterocycles. The maximum atomic E-state index is 12.5. The van der Waals surface area contributed by atoms with Gasteiger partial charge in [0.05, 0.1) is 4.90 Å². The van der Waals surface area contributed by atoms with Crippen molar-refractivity contribution in [3.8, 4) is 0 Å². The first-order chi connectivity index (χ1) is 11.9. The Labute approximate surface area is 146 Å². The van der Waals surface area contributed by atoms with Crippen molar-refractivity contribution in [2.24, 2.45) is 0 Å². The Morgan fingerprint density at radius 1 is 1.20 bits per heavy atom. The van der Waals surface area contributed by atoms with Crippen LogP contribution in [-0.2, 0) is 9.84 Å². The number of benzene rings is 1. The number of aliphatic hydroxyl groups excluding tert-OH is 1. The van der Waals surface area contributed by atoms with Crippen LogP contribution in [-0.4, -0.2) is 44.7 Å². The lowest BCUT2D eigenvalue weighted by Gasteiger charge is -2.00. The average molecular weight is 380 g/mol. The zero-order valence-electron chi connectivity index (χ0n) is 12.3. The smallest absolute Gasteiger partial charge is 0.225 e. The number of aromatic amines is 2. The molecule has 0 amide bonds. The van der Waals surface area contributed by atoms with E-state index in [2.05, 4.69) is 25.4 Å². The van der Waals surface area contributed by atoms with E-state index in [-0.39, 0.29) is 21.4 Å². The fourth-order valence-electron chi connectivity index (χ4n) is 1.90. The number of hydrogen-bond acceptors (Lipinski definition) is 7. The number of H-pyrrole nitrogens is 2. The molecule has 0 bridgehead atoms. The highest BCUT2D eigenvalue weighted by atomic mass is 35.5. The van der Waals surface area contributed by atoms with Crippen molar-refractivity contribution in [3.63, 3.8) is 0 Å². The van der Waals surface area contributed by atoms with E-state index in [0.717, 1.165) is 12.1 Å². The second-order valence-electron chi connectivity index (χ2n) is 4.79. The standard InChI is InChI=1S/C14H10ClN5O4S/c15-8-1-3-9(4-2-8)25(23,24)13-5-10(18-19-13)11(21)6-12(22)14-16-7-17-20-14/h1-7,22H,(H,18,19)(H,16,17,20). The maximum absolute atomic E-state index is 12.5. The van der Waals surface area contributed by atoms with Crippen molar-refractivity contribution in [1.82, 2.24) is 25.4 Å². The van der Waals surface area contributed by atoms with Gasteiger partial charge in [0.15, 0.2) is 10.8 Å². The molecule has 0 aliphatic heterocycles. The molecule has 9 nitrogen and oxygen atoms in total. The summed E-state index contributed by atoms with van der Waals surface area (Å²) in [6.07, 6.45) is 2.09. The molecule has 128 valence electrons. The molecule has 3 aromatic rings. The van der Waals surface area contributed by atoms with Crippen molar-refractivity contribution in [2.45, 2.75) is 9.92 Å². The van der Waals surface area contributed by atoms with Gasteiger partial charge in [-0.2, -0.15) is 10.2 Å². The van der Waals surface area contributed by atoms with Crippen LogP contribution in [0.2, 0.25) is 5.02 Å². The molecule has 2 heterocycles. The quantitative estimate of drug-likeness (QED) is 0.348. The van der Waals surface area contributed by atoms with Gasteiger partial charge in [0.25, 0.3) is 0 Å². The molecule has 0 saturated carbocycles. The van der Waals surface area contributed by atoms with Gasteiger partial charge in [-0.15, -0.1) is 0 Å². The molecule has 0 radical (unpaired) electrons. The molecule has 0 fully saturated rings. The summed E-state index contributed by atoms with van der Waals surface area (Å²) in [6.45, 7) is 0. The lowest BCUT2D eigenvalue weighted by atomic mass is 10.2. The van der Waals surface area contributed by atoms with E-state index >= 15 is 0 Å². The van der Waals surface area contributed by atoms with Gasteiger partial charge in [-0.1, -0.05) is 11.6 Å². The zero-order chi connectivity index (χ0) is 18.0. The Hall–Kier alpha value is -2.98. The number of aromatic nitrogens is 5. The van der Waals surface area contributed by atoms with Gasteiger partial charge >= 0.3 is 0 Å². The van der Waals surface area contributed by atoms with Gasteiger partial charge < -0.3 is 5.11 Å². The van der Waals surface area contributed by atoms with Gasteiger partial charge in [-0.05, 0) is 24.3 Å². The zero-order valence-corrected chi connectivity index (χ0v) is 13.9. The van der Waals surface area contributed by atoms with Gasteiger partial charge in [0.1, 0.15) is 12.0 Å². The topological polar surface area (TPSA) is 142 Å². The van der Waals surface area contributed by atoms with E-state index < -0.39 is 21.4 Å². The maximum Gasteiger partial charge on any atom is 0.225 e. The third-order valence-electron chi connectivity index (χ3n) is 3.13. The fraction of sp³-hybridized carbons (Fsp3) is 0. The van der Waals surface area contributed by atoms with E-state index in [1.807, 2.05) is 0 Å². The SMILES string of the molecule is O=C(C=C(O)c1nc[nH]n1)c1cc(S(=O)(=O)c2ccc(Cl)cc2)n[nH]1. The molecule has 0 atom stereocenters. The number of nitrogens with zero attached hydrogens (tertiary/aromatic N) is 3. The number of ketones is 1. The fourth-order valence-corrected chi connectivity index (χ4v) is 3.20. The Balaban J connectivity index is 1.88. The Kier molecular flexibility index (Phi) is 4.38. The van der Waals surface area contributed by atoms with Crippen molar-refractivity contribution in [2.75, 3.05) is 0 Å². The molecule has 0 spiro atoms. The van der Waals surface area contributed by atoms with E-state index in [9.17, 15) is 18.3 Å². The van der Waals surface area contributed by atoms with Crippen LogP contribution in [0.15, 0.2) is 52.7 Å². The Bertz CT molecular complexity index is 1040. The summed E-state index contributed by atoms with van der Waals surface area (Å²) in [5.74, 6) is -1.22. The summed E-state index contributed by atoms with van der Waals surface area (Å²) < 4.78 is 24.9. The number of allylic oxidation sites excluding steroid dienone is 1. The minimum Gasteiger partial charge on any atom is -0.504 e. The molecule has 3 N–H and O–H groups in total. The van der Waals surface area contributed by atoms with Crippen molar-refractivity contribution < 1.29 is 18.3 Å². The van der Waals surface area contributed by atoms with E-state index in [4.69, 9.17) is 11.6 Å². The first kappa shape index (κ1) is 16.9. The van der Waals surface area contributed by atoms with E-state index in [0.29, 0.717) is 5.02 Å². The molecular formula is C14H10ClN5O4S. The van der Waals surface area contributed by atoms with E-state index in [1.165, 1.54) is 30.6 Å². The highest BCUT2D eigenvalue weighted by molar-refractivity contribution is 7.91. The number of carbonyl (C=O) groups excluding carboxylic acids is 1. The average Bonchev–Trinajstić information content (AvgIpc) is 3.27. The summed E-state index contributed by atoms with van der Waals surface area (Å²) >= 11 is 5.74. The minimum atomic E-state index is -3.91. The lowest BCUT2D eigenvalue weighted by molar-refractivity contribution is 0.104. The molecule has 1 aromatic carbocycles. The number of sulfone groups is 1. The number of hydrogen-bond donors (Lipinski definition) is 3. The Morgan fingerprint density at radius 3 is 2.56 bits per heavy atom. The molecule has 11 heteroatoms. The number of halogens is 1. The van der Waals surface area contributed by atoms with Gasteiger partial charge in [-0.25, -0.2) is 13.4 Å². The second-order valence-corrected chi connectivity index (χ2v) is 7.13. The molecule has 0 aliphatic rings. The number of nitrogens with one attached hydrogen (secondary N) is 2. The number of aliphatic hydroxyl groups is 1. The third kappa shape index (κ3) is 3.44. The van der Waals surface area contributed by atoms with Crippen LogP contribution in [0.3, 0.4) is 0 Å². The van der Waals surface area contributed by atoms with E-state index in [1.54, 1.807) is 0 Å². The van der Waals surface area contributed by atoms with Gasteiger partial charge in [0, 0.05) is 17.2 Å².